The highest BCUT2D eigenvalue weighted by Crippen LogP contribution is 2.19. The number of carbonyl (C=O) groups is 4. The van der Waals surface area contributed by atoms with Gasteiger partial charge in [0.1, 0.15) is 11.5 Å². The molecule has 0 aliphatic heterocycles. The lowest BCUT2D eigenvalue weighted by atomic mass is 9.92. The molecule has 0 saturated heterocycles. The molecular formula is C24H18O6. The summed E-state index contributed by atoms with van der Waals surface area (Å²) >= 11 is 0. The summed E-state index contributed by atoms with van der Waals surface area (Å²) in [6.45, 7) is 0. The highest BCUT2D eigenvalue weighted by molar-refractivity contribution is 6.54. The zero-order chi connectivity index (χ0) is 21.7. The van der Waals surface area contributed by atoms with E-state index in [4.69, 9.17) is 9.47 Å². The first-order valence-electron chi connectivity index (χ1n) is 9.01. The van der Waals surface area contributed by atoms with Crippen LogP contribution < -0.4 is 9.47 Å². The molecule has 3 aromatic rings. The Morgan fingerprint density at radius 3 is 1.13 bits per heavy atom. The van der Waals surface area contributed by atoms with Crippen molar-refractivity contribution in [3.8, 4) is 11.5 Å². The Kier molecular flexibility index (Phi) is 6.17. The van der Waals surface area contributed by atoms with E-state index >= 15 is 0 Å². The number of hydrogen-bond donors (Lipinski definition) is 0. The van der Waals surface area contributed by atoms with E-state index in [2.05, 4.69) is 0 Å². The minimum Gasteiger partial charge on any atom is -0.497 e. The summed E-state index contributed by atoms with van der Waals surface area (Å²) in [7, 11) is 2.98. The fourth-order valence-corrected chi connectivity index (χ4v) is 2.87. The number of Topliss-reactive ketones (excluding diaryl/α,β-unsaturated/α-hetero) is 4. The minimum absolute atomic E-state index is 0.120. The average molecular weight is 402 g/mol. The first kappa shape index (κ1) is 20.7. The lowest BCUT2D eigenvalue weighted by molar-refractivity contribution is 0.0801. The van der Waals surface area contributed by atoms with Gasteiger partial charge in [0.15, 0.2) is 0 Å². The van der Waals surface area contributed by atoms with Crippen LogP contribution in [-0.2, 0) is 0 Å². The molecule has 0 aliphatic carbocycles. The molecule has 0 unspecified atom stereocenters. The van der Waals surface area contributed by atoms with Crippen LogP contribution in [0.25, 0.3) is 0 Å². The SMILES string of the molecule is COc1ccc(C(=O)C(=O)c2ccccc2C(=O)C(=O)c2ccc(OC)cc2)cc1. The van der Waals surface area contributed by atoms with E-state index in [0.717, 1.165) is 0 Å². The fraction of sp³-hybridized carbons (Fsp3) is 0.0833. The molecule has 0 radical (unpaired) electrons. The van der Waals surface area contributed by atoms with E-state index in [-0.39, 0.29) is 22.3 Å². The Hall–Kier alpha value is -4.06. The van der Waals surface area contributed by atoms with Gasteiger partial charge in [-0.1, -0.05) is 24.3 Å². The molecule has 0 aliphatic rings. The second kappa shape index (κ2) is 8.96. The Morgan fingerprint density at radius 1 is 0.500 bits per heavy atom. The maximum atomic E-state index is 12.8. The molecule has 3 rings (SSSR count). The molecule has 0 saturated carbocycles. The van der Waals surface area contributed by atoms with Gasteiger partial charge in [-0.15, -0.1) is 0 Å². The molecule has 0 amide bonds. The van der Waals surface area contributed by atoms with Crippen molar-refractivity contribution in [2.24, 2.45) is 0 Å². The van der Waals surface area contributed by atoms with E-state index in [0.29, 0.717) is 11.5 Å². The van der Waals surface area contributed by atoms with Crippen LogP contribution in [-0.4, -0.2) is 37.4 Å². The highest BCUT2D eigenvalue weighted by Gasteiger charge is 2.27. The van der Waals surface area contributed by atoms with Crippen molar-refractivity contribution in [3.63, 3.8) is 0 Å². The van der Waals surface area contributed by atoms with Gasteiger partial charge in [-0.2, -0.15) is 0 Å². The Labute approximate surface area is 173 Å². The molecule has 0 spiro atoms. The number of methoxy groups -OCH3 is 2. The van der Waals surface area contributed by atoms with Crippen molar-refractivity contribution >= 4 is 23.1 Å². The Balaban J connectivity index is 1.90. The number of ether oxygens (including phenoxy) is 2. The summed E-state index contributed by atoms with van der Waals surface area (Å²) in [5, 5.41) is 0. The number of carbonyl (C=O) groups excluding carboxylic acids is 4. The summed E-state index contributed by atoms with van der Waals surface area (Å²) < 4.78 is 10.1. The average Bonchev–Trinajstić information content (AvgIpc) is 2.82. The standard InChI is InChI=1S/C24H18O6/c1-29-17-11-7-15(8-12-17)21(25)23(27)19-5-3-4-6-20(19)24(28)22(26)16-9-13-18(30-2)14-10-16/h3-14H,1-2H3. The maximum absolute atomic E-state index is 12.8. The molecule has 0 bridgehead atoms. The third kappa shape index (κ3) is 4.17. The predicted octanol–water partition coefficient (Wildman–Crippen LogP) is 3.84. The van der Waals surface area contributed by atoms with Crippen molar-refractivity contribution in [1.82, 2.24) is 0 Å². The molecule has 0 fully saturated rings. The topological polar surface area (TPSA) is 86.7 Å². The zero-order valence-corrected chi connectivity index (χ0v) is 16.4. The number of hydrogen-bond acceptors (Lipinski definition) is 6. The van der Waals surface area contributed by atoms with Crippen LogP contribution in [0.4, 0.5) is 0 Å². The Morgan fingerprint density at radius 2 is 0.833 bits per heavy atom. The monoisotopic (exact) mass is 402 g/mol. The number of ketones is 4. The van der Waals surface area contributed by atoms with Crippen LogP contribution in [0.1, 0.15) is 41.4 Å². The normalized spacial score (nSPS) is 10.2. The van der Waals surface area contributed by atoms with Gasteiger partial charge in [0, 0.05) is 22.3 Å². The summed E-state index contributed by atoms with van der Waals surface area (Å²) in [5.74, 6) is -2.22. The van der Waals surface area contributed by atoms with Crippen LogP contribution in [0.5, 0.6) is 11.5 Å². The Bertz CT molecular complexity index is 1020. The number of benzene rings is 3. The van der Waals surface area contributed by atoms with Crippen molar-refractivity contribution in [1.29, 1.82) is 0 Å². The first-order valence-corrected chi connectivity index (χ1v) is 9.01. The third-order valence-electron chi connectivity index (χ3n) is 4.53. The maximum Gasteiger partial charge on any atom is 0.234 e. The molecule has 6 heteroatoms. The van der Waals surface area contributed by atoms with Crippen LogP contribution in [0, 0.1) is 0 Å². The third-order valence-corrected chi connectivity index (χ3v) is 4.53. The fourth-order valence-electron chi connectivity index (χ4n) is 2.87. The molecule has 0 heterocycles. The summed E-state index contributed by atoms with van der Waals surface area (Å²) in [5.41, 5.74) is 0.0735. The van der Waals surface area contributed by atoms with Gasteiger partial charge in [0.25, 0.3) is 0 Å². The molecular weight excluding hydrogens is 384 g/mol. The second-order valence-corrected chi connectivity index (χ2v) is 6.32. The van der Waals surface area contributed by atoms with E-state index in [1.807, 2.05) is 0 Å². The minimum atomic E-state index is -0.869. The van der Waals surface area contributed by atoms with Gasteiger partial charge in [-0.25, -0.2) is 0 Å². The van der Waals surface area contributed by atoms with Gasteiger partial charge < -0.3 is 9.47 Å². The lowest BCUT2D eigenvalue weighted by Gasteiger charge is -2.08. The first-order chi connectivity index (χ1) is 14.5. The zero-order valence-electron chi connectivity index (χ0n) is 16.4. The van der Waals surface area contributed by atoms with Crippen LogP contribution in [0.2, 0.25) is 0 Å². The summed E-state index contributed by atoms with van der Waals surface area (Å²) in [6, 6.07) is 17.9. The smallest absolute Gasteiger partial charge is 0.234 e. The lowest BCUT2D eigenvalue weighted by Crippen LogP contribution is -2.22. The van der Waals surface area contributed by atoms with Crippen LogP contribution in [0.3, 0.4) is 0 Å². The van der Waals surface area contributed by atoms with Crippen molar-refractivity contribution in [2.45, 2.75) is 0 Å². The summed E-state index contributed by atoms with van der Waals surface area (Å²) in [4.78, 5) is 50.9. The van der Waals surface area contributed by atoms with Crippen molar-refractivity contribution in [2.75, 3.05) is 14.2 Å². The molecule has 30 heavy (non-hydrogen) atoms. The van der Waals surface area contributed by atoms with Gasteiger partial charge in [-0.3, -0.25) is 19.2 Å². The second-order valence-electron chi connectivity index (χ2n) is 6.32. The van der Waals surface area contributed by atoms with E-state index in [1.165, 1.54) is 62.8 Å². The molecule has 3 aromatic carbocycles. The van der Waals surface area contributed by atoms with Crippen LogP contribution in [0.15, 0.2) is 72.8 Å². The molecule has 150 valence electrons. The molecule has 0 aromatic heterocycles. The van der Waals surface area contributed by atoms with Crippen molar-refractivity contribution < 1.29 is 28.7 Å². The van der Waals surface area contributed by atoms with Gasteiger partial charge in [0.2, 0.25) is 23.1 Å². The molecule has 6 nitrogen and oxygen atoms in total. The quantitative estimate of drug-likeness (QED) is 0.420. The molecule has 0 atom stereocenters. The largest absolute Gasteiger partial charge is 0.497 e. The predicted molar refractivity (Wildman–Crippen MR) is 110 cm³/mol. The number of rotatable bonds is 8. The van der Waals surface area contributed by atoms with Gasteiger partial charge >= 0.3 is 0 Å². The van der Waals surface area contributed by atoms with Crippen LogP contribution >= 0.6 is 0 Å². The molecule has 0 N–H and O–H groups in total. The van der Waals surface area contributed by atoms with E-state index < -0.39 is 23.1 Å². The summed E-state index contributed by atoms with van der Waals surface area (Å²) in [6.07, 6.45) is 0. The van der Waals surface area contributed by atoms with Gasteiger partial charge in [-0.05, 0) is 48.5 Å². The highest BCUT2D eigenvalue weighted by atomic mass is 16.5. The van der Waals surface area contributed by atoms with Gasteiger partial charge in [0.05, 0.1) is 14.2 Å². The van der Waals surface area contributed by atoms with E-state index in [9.17, 15) is 19.2 Å². The van der Waals surface area contributed by atoms with Crippen molar-refractivity contribution in [3.05, 3.63) is 95.1 Å². The van der Waals surface area contributed by atoms with E-state index in [1.54, 1.807) is 24.3 Å².